The predicted molar refractivity (Wildman–Crippen MR) is 152 cm³/mol. The second kappa shape index (κ2) is 9.89. The summed E-state index contributed by atoms with van der Waals surface area (Å²) in [4.78, 5) is 21.1. The number of rotatable bonds is 4. The molecule has 1 amide bonds. The van der Waals surface area contributed by atoms with Crippen LogP contribution in [0.3, 0.4) is 0 Å². The second-order valence-electron chi connectivity index (χ2n) is 7.96. The molecule has 174 valence electrons. The lowest BCUT2D eigenvalue weighted by Gasteiger charge is -2.17. The first-order valence-corrected chi connectivity index (χ1v) is 13.0. The quantitative estimate of drug-likeness (QED) is 0.275. The van der Waals surface area contributed by atoms with Crippen molar-refractivity contribution in [3.63, 3.8) is 0 Å². The molecule has 4 aromatic rings. The van der Waals surface area contributed by atoms with Gasteiger partial charge in [0.05, 0.1) is 17.1 Å². The highest BCUT2D eigenvalue weighted by atomic mass is 32.2. The van der Waals surface area contributed by atoms with Crippen molar-refractivity contribution < 1.29 is 4.79 Å². The van der Waals surface area contributed by atoms with Gasteiger partial charge in [-0.25, -0.2) is 10.0 Å². The van der Waals surface area contributed by atoms with Crippen LogP contribution in [0.25, 0.3) is 0 Å². The topological polar surface area (TPSA) is 48.3 Å². The minimum Gasteiger partial charge on any atom is -0.267 e. The fraction of sp³-hybridized carbons (Fsp3) is 0. The maximum atomic E-state index is 14.0. The normalized spacial score (nSPS) is 18.7. The highest BCUT2D eigenvalue weighted by molar-refractivity contribution is 8.22. The summed E-state index contributed by atoms with van der Waals surface area (Å²) >= 11 is 2.89. The van der Waals surface area contributed by atoms with Gasteiger partial charge in [-0.05, 0) is 59.9 Å². The summed E-state index contributed by atoms with van der Waals surface area (Å²) in [6.45, 7) is 0. The molecule has 0 atom stereocenters. The molecule has 6 rings (SSSR count). The predicted octanol–water partition coefficient (Wildman–Crippen LogP) is 7.24. The van der Waals surface area contributed by atoms with Gasteiger partial charge in [0.15, 0.2) is 5.17 Å². The van der Waals surface area contributed by atoms with Crippen molar-refractivity contribution in [3.05, 3.63) is 137 Å². The molecule has 0 N–H and O–H groups in total. The number of thioether (sulfide) groups is 2. The summed E-state index contributed by atoms with van der Waals surface area (Å²) in [6.07, 6.45) is 0. The number of aliphatic imine (C=N–C) groups is 1. The van der Waals surface area contributed by atoms with E-state index in [1.165, 1.54) is 23.5 Å². The van der Waals surface area contributed by atoms with E-state index in [-0.39, 0.29) is 5.91 Å². The summed E-state index contributed by atoms with van der Waals surface area (Å²) in [5.74, 6) is -0.117. The van der Waals surface area contributed by atoms with Crippen molar-refractivity contribution in [3.8, 4) is 0 Å². The van der Waals surface area contributed by atoms with Crippen molar-refractivity contribution in [2.75, 3.05) is 9.91 Å². The summed E-state index contributed by atoms with van der Waals surface area (Å²) in [5, 5.41) is 9.02. The van der Waals surface area contributed by atoms with Crippen molar-refractivity contribution in [1.82, 2.24) is 0 Å². The van der Waals surface area contributed by atoms with E-state index in [0.29, 0.717) is 10.1 Å². The Bertz CT molecular complexity index is 1490. The van der Waals surface area contributed by atoms with Gasteiger partial charge >= 0.3 is 0 Å². The smallest absolute Gasteiger partial charge is 0.267 e. The van der Waals surface area contributed by atoms with Gasteiger partial charge in [0, 0.05) is 5.56 Å². The number of amidine groups is 1. The highest BCUT2D eigenvalue weighted by Gasteiger charge is 2.40. The third kappa shape index (κ3) is 4.34. The average molecular weight is 505 g/mol. The number of carbonyl (C=O) groups excluding carboxylic acids is 1. The summed E-state index contributed by atoms with van der Waals surface area (Å²) in [5.41, 5.74) is 3.47. The van der Waals surface area contributed by atoms with Crippen LogP contribution in [0.2, 0.25) is 0 Å². The number of hydrazone groups is 1. The van der Waals surface area contributed by atoms with Crippen LogP contribution >= 0.6 is 23.5 Å². The van der Waals surface area contributed by atoms with Gasteiger partial charge in [-0.2, -0.15) is 5.10 Å². The van der Waals surface area contributed by atoms with E-state index in [9.17, 15) is 4.79 Å². The van der Waals surface area contributed by atoms with Crippen LogP contribution in [-0.4, -0.2) is 16.1 Å². The van der Waals surface area contributed by atoms with Gasteiger partial charge in [0.2, 0.25) is 0 Å². The van der Waals surface area contributed by atoms with Gasteiger partial charge < -0.3 is 0 Å². The molecular weight excluding hydrogens is 484 g/mol. The van der Waals surface area contributed by atoms with Crippen molar-refractivity contribution in [2.45, 2.75) is 0 Å². The lowest BCUT2D eigenvalue weighted by Crippen LogP contribution is -2.29. The zero-order valence-electron chi connectivity index (χ0n) is 19.1. The molecule has 0 radical (unpaired) electrons. The molecular formula is C29H20N4OS2. The average Bonchev–Trinajstić information content (AvgIpc) is 3.52. The molecule has 2 aliphatic heterocycles. The van der Waals surface area contributed by atoms with E-state index in [1.807, 2.05) is 126 Å². The summed E-state index contributed by atoms with van der Waals surface area (Å²) in [7, 11) is 0. The Morgan fingerprint density at radius 1 is 0.639 bits per heavy atom. The number of anilines is 2. The fourth-order valence-electron chi connectivity index (χ4n) is 3.87. The Balaban J connectivity index is 1.48. The standard InChI is InChI=1S/C29H20N4OS2/c34-27-25(35-29(30-22-15-7-2-8-16-22)32(27)23-17-9-3-10-18-23)28-33(24-19-11-4-12-20-24)31-26(36-28)21-13-5-1-6-14-21/h1-20H. The van der Waals surface area contributed by atoms with Crippen LogP contribution in [0.1, 0.15) is 5.56 Å². The first-order chi connectivity index (χ1) is 17.8. The Morgan fingerprint density at radius 2 is 1.19 bits per heavy atom. The summed E-state index contributed by atoms with van der Waals surface area (Å²) < 4.78 is 0. The van der Waals surface area contributed by atoms with Gasteiger partial charge in [0.1, 0.15) is 15.0 Å². The third-order valence-electron chi connectivity index (χ3n) is 5.57. The molecule has 5 nitrogen and oxygen atoms in total. The van der Waals surface area contributed by atoms with Gasteiger partial charge in [-0.3, -0.25) is 9.69 Å². The molecule has 2 heterocycles. The SMILES string of the molecule is O=C1C(=C2SC(c3ccccc3)=NN2c2ccccc2)SC(=Nc2ccccc2)N1c1ccccc1. The lowest BCUT2D eigenvalue weighted by molar-refractivity contribution is -0.113. The number of benzene rings is 4. The monoisotopic (exact) mass is 504 g/mol. The Hall–Kier alpha value is -4.07. The van der Waals surface area contributed by atoms with E-state index in [4.69, 9.17) is 10.1 Å². The number of hydrogen-bond acceptors (Lipinski definition) is 6. The number of hydrogen-bond donors (Lipinski definition) is 0. The Morgan fingerprint density at radius 3 is 1.83 bits per heavy atom. The Kier molecular flexibility index (Phi) is 6.15. The third-order valence-corrected chi connectivity index (χ3v) is 7.81. The molecule has 0 saturated carbocycles. The number of carbonyl (C=O) groups is 1. The van der Waals surface area contributed by atoms with Crippen molar-refractivity contribution >= 4 is 56.7 Å². The zero-order valence-corrected chi connectivity index (χ0v) is 20.7. The minimum atomic E-state index is -0.117. The van der Waals surface area contributed by atoms with Crippen LogP contribution in [-0.2, 0) is 4.79 Å². The first kappa shape index (κ1) is 22.4. The molecule has 7 heteroatoms. The number of nitrogens with zero attached hydrogens (tertiary/aromatic N) is 4. The van der Waals surface area contributed by atoms with Crippen LogP contribution < -0.4 is 9.91 Å². The van der Waals surface area contributed by atoms with Gasteiger partial charge in [-0.1, -0.05) is 84.9 Å². The van der Waals surface area contributed by atoms with E-state index in [2.05, 4.69) is 0 Å². The largest absolute Gasteiger partial charge is 0.274 e. The van der Waals surface area contributed by atoms with E-state index in [0.717, 1.165) is 32.7 Å². The van der Waals surface area contributed by atoms with Crippen molar-refractivity contribution in [1.29, 1.82) is 0 Å². The molecule has 2 aliphatic rings. The maximum absolute atomic E-state index is 14.0. The van der Waals surface area contributed by atoms with Crippen LogP contribution in [0.5, 0.6) is 0 Å². The second-order valence-corrected chi connectivity index (χ2v) is 9.92. The molecule has 36 heavy (non-hydrogen) atoms. The molecule has 0 bridgehead atoms. The van der Waals surface area contributed by atoms with Crippen LogP contribution in [0, 0.1) is 0 Å². The number of amides is 1. The van der Waals surface area contributed by atoms with E-state index in [1.54, 1.807) is 4.90 Å². The zero-order chi connectivity index (χ0) is 24.3. The molecule has 4 aromatic carbocycles. The molecule has 0 aliphatic carbocycles. The first-order valence-electron chi connectivity index (χ1n) is 11.4. The van der Waals surface area contributed by atoms with E-state index >= 15 is 0 Å². The van der Waals surface area contributed by atoms with Gasteiger partial charge in [-0.15, -0.1) is 0 Å². The molecule has 1 saturated heterocycles. The van der Waals surface area contributed by atoms with Crippen LogP contribution in [0.15, 0.2) is 141 Å². The minimum absolute atomic E-state index is 0.117. The van der Waals surface area contributed by atoms with Crippen molar-refractivity contribution in [2.24, 2.45) is 10.1 Å². The molecule has 1 fully saturated rings. The fourth-order valence-corrected chi connectivity index (χ4v) is 6.06. The molecule has 0 spiro atoms. The van der Waals surface area contributed by atoms with Gasteiger partial charge in [0.25, 0.3) is 5.91 Å². The maximum Gasteiger partial charge on any atom is 0.274 e. The van der Waals surface area contributed by atoms with Crippen LogP contribution in [0.4, 0.5) is 17.1 Å². The molecule has 0 aromatic heterocycles. The Labute approximate surface area is 217 Å². The molecule has 0 unspecified atom stereocenters. The van der Waals surface area contributed by atoms with E-state index < -0.39 is 0 Å². The number of para-hydroxylation sites is 3. The highest BCUT2D eigenvalue weighted by Crippen LogP contribution is 2.46. The summed E-state index contributed by atoms with van der Waals surface area (Å²) in [6, 6.07) is 39.3. The lowest BCUT2D eigenvalue weighted by atomic mass is 10.2.